The molecular formula is C16H20N4O2. The van der Waals surface area contributed by atoms with Crippen LogP contribution < -0.4 is 10.2 Å². The average Bonchev–Trinajstić information content (AvgIpc) is 2.99. The number of nitrogens with one attached hydrogen (secondary N) is 1. The van der Waals surface area contributed by atoms with Gasteiger partial charge in [-0.05, 0) is 38.3 Å². The highest BCUT2D eigenvalue weighted by Gasteiger charge is 2.19. The van der Waals surface area contributed by atoms with Gasteiger partial charge < -0.3 is 14.7 Å². The standard InChI is InChI=1S/C16H20N4O2/c1-12-10-13(22-19-12)11-18-16(21)14-6-5-7-17-15(14)20-8-3-2-4-9-20/h5-7,10H,2-4,8-9,11H2,1H3,(H,18,21). The summed E-state index contributed by atoms with van der Waals surface area (Å²) in [6.07, 6.45) is 5.28. The summed E-state index contributed by atoms with van der Waals surface area (Å²) in [5.41, 5.74) is 1.42. The molecule has 0 spiro atoms. The molecule has 1 amide bonds. The molecule has 1 aliphatic rings. The molecule has 1 fully saturated rings. The van der Waals surface area contributed by atoms with Gasteiger partial charge in [-0.3, -0.25) is 4.79 Å². The first-order valence-electron chi connectivity index (χ1n) is 7.64. The lowest BCUT2D eigenvalue weighted by Gasteiger charge is -2.29. The second kappa shape index (κ2) is 6.60. The van der Waals surface area contributed by atoms with E-state index < -0.39 is 0 Å². The maximum absolute atomic E-state index is 12.4. The summed E-state index contributed by atoms with van der Waals surface area (Å²) in [6, 6.07) is 5.42. The number of piperidine rings is 1. The van der Waals surface area contributed by atoms with E-state index in [9.17, 15) is 4.79 Å². The van der Waals surface area contributed by atoms with Gasteiger partial charge in [-0.2, -0.15) is 0 Å². The van der Waals surface area contributed by atoms with Gasteiger partial charge in [-0.25, -0.2) is 4.98 Å². The molecule has 0 atom stereocenters. The highest BCUT2D eigenvalue weighted by atomic mass is 16.5. The van der Waals surface area contributed by atoms with Crippen LogP contribution in [0.4, 0.5) is 5.82 Å². The van der Waals surface area contributed by atoms with Gasteiger partial charge >= 0.3 is 0 Å². The minimum atomic E-state index is -0.136. The van der Waals surface area contributed by atoms with Gasteiger partial charge in [-0.15, -0.1) is 0 Å². The fourth-order valence-corrected chi connectivity index (χ4v) is 2.69. The molecular weight excluding hydrogens is 280 g/mol. The van der Waals surface area contributed by atoms with Gasteiger partial charge in [0.1, 0.15) is 5.82 Å². The molecule has 0 aromatic carbocycles. The Morgan fingerprint density at radius 1 is 1.36 bits per heavy atom. The van der Waals surface area contributed by atoms with E-state index in [2.05, 4.69) is 20.4 Å². The number of rotatable bonds is 4. The molecule has 0 saturated carbocycles. The monoisotopic (exact) mass is 300 g/mol. The third-order valence-corrected chi connectivity index (χ3v) is 3.79. The number of aromatic nitrogens is 2. The van der Waals surface area contributed by atoms with Gasteiger partial charge in [-0.1, -0.05) is 5.16 Å². The summed E-state index contributed by atoms with van der Waals surface area (Å²) in [7, 11) is 0. The highest BCUT2D eigenvalue weighted by Crippen LogP contribution is 2.21. The van der Waals surface area contributed by atoms with Crippen LogP contribution in [0.3, 0.4) is 0 Å². The summed E-state index contributed by atoms with van der Waals surface area (Å²) in [5, 5.41) is 6.68. The van der Waals surface area contributed by atoms with Crippen LogP contribution in [0.15, 0.2) is 28.9 Å². The fraction of sp³-hybridized carbons (Fsp3) is 0.438. The normalized spacial score (nSPS) is 14.9. The fourth-order valence-electron chi connectivity index (χ4n) is 2.69. The molecule has 0 unspecified atom stereocenters. The van der Waals surface area contributed by atoms with Crippen LogP contribution in [-0.2, 0) is 6.54 Å². The number of carbonyl (C=O) groups excluding carboxylic acids is 1. The first-order valence-corrected chi connectivity index (χ1v) is 7.64. The van der Waals surface area contributed by atoms with E-state index in [1.807, 2.05) is 19.1 Å². The Morgan fingerprint density at radius 3 is 2.91 bits per heavy atom. The molecule has 6 nitrogen and oxygen atoms in total. The van der Waals surface area contributed by atoms with Crippen molar-refractivity contribution in [1.82, 2.24) is 15.5 Å². The second-order valence-electron chi connectivity index (χ2n) is 5.54. The molecule has 1 aliphatic heterocycles. The molecule has 3 rings (SSSR count). The zero-order valence-corrected chi connectivity index (χ0v) is 12.7. The first kappa shape index (κ1) is 14.6. The Balaban J connectivity index is 1.71. The van der Waals surface area contributed by atoms with Crippen molar-refractivity contribution in [1.29, 1.82) is 0 Å². The van der Waals surface area contributed by atoms with E-state index in [1.54, 1.807) is 12.3 Å². The van der Waals surface area contributed by atoms with Gasteiger partial charge in [0, 0.05) is 25.4 Å². The van der Waals surface area contributed by atoms with Crippen LogP contribution in [0, 0.1) is 6.92 Å². The smallest absolute Gasteiger partial charge is 0.255 e. The summed E-state index contributed by atoms with van der Waals surface area (Å²) in [5.74, 6) is 1.28. The van der Waals surface area contributed by atoms with E-state index in [-0.39, 0.29) is 5.91 Å². The summed E-state index contributed by atoms with van der Waals surface area (Å²) in [4.78, 5) is 19.1. The number of aryl methyl sites for hydroxylation is 1. The van der Waals surface area contributed by atoms with Crippen molar-refractivity contribution in [3.05, 3.63) is 41.4 Å². The van der Waals surface area contributed by atoms with Crippen molar-refractivity contribution in [2.24, 2.45) is 0 Å². The largest absolute Gasteiger partial charge is 0.359 e. The number of hydrogen-bond donors (Lipinski definition) is 1. The van der Waals surface area contributed by atoms with Crippen LogP contribution >= 0.6 is 0 Å². The molecule has 6 heteroatoms. The van der Waals surface area contributed by atoms with Crippen molar-refractivity contribution in [2.75, 3.05) is 18.0 Å². The predicted molar refractivity (Wildman–Crippen MR) is 82.7 cm³/mol. The zero-order valence-electron chi connectivity index (χ0n) is 12.7. The Labute approximate surface area is 129 Å². The topological polar surface area (TPSA) is 71.3 Å². The third-order valence-electron chi connectivity index (χ3n) is 3.79. The maximum Gasteiger partial charge on any atom is 0.255 e. The second-order valence-corrected chi connectivity index (χ2v) is 5.54. The van der Waals surface area contributed by atoms with E-state index >= 15 is 0 Å². The van der Waals surface area contributed by atoms with Gasteiger partial charge in [0.2, 0.25) is 0 Å². The number of nitrogens with zero attached hydrogens (tertiary/aromatic N) is 3. The predicted octanol–water partition coefficient (Wildman–Crippen LogP) is 2.30. The summed E-state index contributed by atoms with van der Waals surface area (Å²) < 4.78 is 5.11. The molecule has 1 saturated heterocycles. The molecule has 0 radical (unpaired) electrons. The lowest BCUT2D eigenvalue weighted by Crippen LogP contribution is -2.33. The quantitative estimate of drug-likeness (QED) is 0.938. The van der Waals surface area contributed by atoms with E-state index in [0.29, 0.717) is 17.9 Å². The zero-order chi connectivity index (χ0) is 15.4. The maximum atomic E-state index is 12.4. The molecule has 22 heavy (non-hydrogen) atoms. The van der Waals surface area contributed by atoms with Crippen LogP contribution in [0.5, 0.6) is 0 Å². The number of anilines is 1. The van der Waals surface area contributed by atoms with E-state index in [0.717, 1.165) is 37.4 Å². The van der Waals surface area contributed by atoms with Crippen LogP contribution in [0.1, 0.15) is 41.1 Å². The number of pyridine rings is 1. The van der Waals surface area contributed by atoms with Crippen LogP contribution in [0.2, 0.25) is 0 Å². The number of carbonyl (C=O) groups is 1. The van der Waals surface area contributed by atoms with Crippen molar-refractivity contribution >= 4 is 11.7 Å². The minimum absolute atomic E-state index is 0.136. The van der Waals surface area contributed by atoms with Crippen molar-refractivity contribution in [3.8, 4) is 0 Å². The highest BCUT2D eigenvalue weighted by molar-refractivity contribution is 5.98. The molecule has 2 aromatic rings. The van der Waals surface area contributed by atoms with Crippen molar-refractivity contribution < 1.29 is 9.32 Å². The molecule has 0 aliphatic carbocycles. The van der Waals surface area contributed by atoms with E-state index in [1.165, 1.54) is 6.42 Å². The molecule has 0 bridgehead atoms. The molecule has 116 valence electrons. The van der Waals surface area contributed by atoms with Gasteiger partial charge in [0.05, 0.1) is 17.8 Å². The lowest BCUT2D eigenvalue weighted by atomic mass is 10.1. The van der Waals surface area contributed by atoms with Crippen LogP contribution in [0.25, 0.3) is 0 Å². The lowest BCUT2D eigenvalue weighted by molar-refractivity contribution is 0.0947. The SMILES string of the molecule is Cc1cc(CNC(=O)c2cccnc2N2CCCCC2)on1. The van der Waals surface area contributed by atoms with Crippen molar-refractivity contribution in [2.45, 2.75) is 32.7 Å². The first-order chi connectivity index (χ1) is 10.7. The Bertz CT molecular complexity index is 647. The Morgan fingerprint density at radius 2 is 2.18 bits per heavy atom. The number of amides is 1. The van der Waals surface area contributed by atoms with Crippen LogP contribution in [-0.4, -0.2) is 29.1 Å². The van der Waals surface area contributed by atoms with Gasteiger partial charge in [0.15, 0.2) is 5.76 Å². The van der Waals surface area contributed by atoms with E-state index in [4.69, 9.17) is 4.52 Å². The average molecular weight is 300 g/mol. The van der Waals surface area contributed by atoms with Gasteiger partial charge in [0.25, 0.3) is 5.91 Å². The molecule has 2 aromatic heterocycles. The Hall–Kier alpha value is -2.37. The minimum Gasteiger partial charge on any atom is -0.359 e. The number of hydrogen-bond acceptors (Lipinski definition) is 5. The van der Waals surface area contributed by atoms with Crippen molar-refractivity contribution in [3.63, 3.8) is 0 Å². The Kier molecular flexibility index (Phi) is 4.37. The summed E-state index contributed by atoms with van der Waals surface area (Å²) >= 11 is 0. The third kappa shape index (κ3) is 3.27. The molecule has 1 N–H and O–H groups in total. The molecule has 3 heterocycles. The summed E-state index contributed by atoms with van der Waals surface area (Å²) in [6.45, 7) is 4.09.